The molecule has 0 aromatic carbocycles. The zero-order valence-electron chi connectivity index (χ0n) is 4.95. The van der Waals surface area contributed by atoms with Gasteiger partial charge < -0.3 is 15.1 Å². The van der Waals surface area contributed by atoms with Crippen LogP contribution in [-0.4, -0.2) is 40.4 Å². The van der Waals surface area contributed by atoms with Crippen molar-refractivity contribution in [1.29, 1.82) is 0 Å². The largest absolute Gasteiger partial charge is 0.465 e. The first-order valence-corrected chi connectivity index (χ1v) is 2.86. The zero-order valence-corrected chi connectivity index (χ0v) is 4.95. The van der Waals surface area contributed by atoms with Crippen molar-refractivity contribution >= 4 is 6.09 Å². The van der Waals surface area contributed by atoms with Crippen LogP contribution in [0.2, 0.25) is 0 Å². The molecule has 52 valence electrons. The van der Waals surface area contributed by atoms with Gasteiger partial charge in [0.1, 0.15) is 0 Å². The second-order valence-electron chi connectivity index (χ2n) is 2.10. The van der Waals surface area contributed by atoms with E-state index in [9.17, 15) is 4.79 Å². The number of likely N-dealkylation sites (tertiary alicyclic amines) is 1. The van der Waals surface area contributed by atoms with Crippen LogP contribution in [0.1, 0.15) is 6.42 Å². The van der Waals surface area contributed by atoms with Crippen molar-refractivity contribution in [3.8, 4) is 0 Å². The Bertz CT molecular complexity index is 123. The monoisotopic (exact) mass is 131 g/mol. The number of hydrogen-bond acceptors (Lipinski definition) is 2. The Morgan fingerprint density at radius 1 is 1.78 bits per heavy atom. The summed E-state index contributed by atoms with van der Waals surface area (Å²) >= 11 is 0. The Hall–Kier alpha value is -0.770. The predicted molar refractivity (Wildman–Crippen MR) is 30.2 cm³/mol. The normalized spacial score (nSPS) is 25.4. The van der Waals surface area contributed by atoms with E-state index in [-0.39, 0.29) is 12.6 Å². The van der Waals surface area contributed by atoms with Crippen molar-refractivity contribution in [3.05, 3.63) is 0 Å². The first-order chi connectivity index (χ1) is 4.25. The van der Waals surface area contributed by atoms with Gasteiger partial charge in [0.25, 0.3) is 0 Å². The summed E-state index contributed by atoms with van der Waals surface area (Å²) in [4.78, 5) is 11.4. The van der Waals surface area contributed by atoms with Crippen molar-refractivity contribution in [2.24, 2.45) is 0 Å². The number of hydrogen-bond donors (Lipinski definition) is 2. The highest BCUT2D eigenvalue weighted by Crippen LogP contribution is 2.15. The first-order valence-electron chi connectivity index (χ1n) is 2.86. The fraction of sp³-hybridized carbons (Fsp3) is 0.800. The second kappa shape index (κ2) is 2.23. The van der Waals surface area contributed by atoms with E-state index in [0.717, 1.165) is 6.42 Å². The summed E-state index contributed by atoms with van der Waals surface area (Å²) in [5.41, 5.74) is 0. The molecule has 1 heterocycles. The van der Waals surface area contributed by atoms with E-state index in [1.54, 1.807) is 0 Å². The highest BCUT2D eigenvalue weighted by Gasteiger charge is 2.30. The lowest BCUT2D eigenvalue weighted by molar-refractivity contribution is 0.0438. The summed E-state index contributed by atoms with van der Waals surface area (Å²) < 4.78 is 0. The lowest BCUT2D eigenvalue weighted by atomic mass is 10.1. The van der Waals surface area contributed by atoms with Crippen molar-refractivity contribution in [1.82, 2.24) is 4.90 Å². The Morgan fingerprint density at radius 3 is 2.56 bits per heavy atom. The molecule has 0 bridgehead atoms. The van der Waals surface area contributed by atoms with E-state index in [4.69, 9.17) is 10.2 Å². The SMILES string of the molecule is O=C(O)N1CC[C@H]1CO. The molecular weight excluding hydrogens is 122 g/mol. The molecule has 0 spiro atoms. The Kier molecular flexibility index (Phi) is 1.57. The number of aliphatic hydroxyl groups excluding tert-OH is 1. The molecule has 1 rings (SSSR count). The van der Waals surface area contributed by atoms with E-state index in [1.165, 1.54) is 4.90 Å². The van der Waals surface area contributed by atoms with Crippen molar-refractivity contribution in [2.45, 2.75) is 12.5 Å². The van der Waals surface area contributed by atoms with E-state index in [0.29, 0.717) is 6.54 Å². The summed E-state index contributed by atoms with van der Waals surface area (Å²) in [6, 6.07) is -0.137. The van der Waals surface area contributed by atoms with E-state index in [1.807, 2.05) is 0 Å². The van der Waals surface area contributed by atoms with Gasteiger partial charge >= 0.3 is 6.09 Å². The minimum absolute atomic E-state index is 0.0493. The number of amides is 1. The quantitative estimate of drug-likeness (QED) is 0.515. The molecule has 4 nitrogen and oxygen atoms in total. The van der Waals surface area contributed by atoms with E-state index in [2.05, 4.69) is 0 Å². The topological polar surface area (TPSA) is 60.8 Å². The molecule has 1 amide bonds. The van der Waals surface area contributed by atoms with Crippen LogP contribution < -0.4 is 0 Å². The summed E-state index contributed by atoms with van der Waals surface area (Å²) in [7, 11) is 0. The molecule has 1 saturated heterocycles. The maximum atomic E-state index is 10.2. The van der Waals surface area contributed by atoms with Crippen LogP contribution in [0.4, 0.5) is 4.79 Å². The van der Waals surface area contributed by atoms with Gasteiger partial charge in [-0.05, 0) is 6.42 Å². The van der Waals surface area contributed by atoms with Gasteiger partial charge in [-0.15, -0.1) is 0 Å². The summed E-state index contributed by atoms with van der Waals surface area (Å²) in [6.07, 6.45) is -0.136. The average molecular weight is 131 g/mol. The van der Waals surface area contributed by atoms with Crippen LogP contribution in [0.3, 0.4) is 0 Å². The van der Waals surface area contributed by atoms with Crippen LogP contribution in [0.5, 0.6) is 0 Å². The molecule has 0 aliphatic carbocycles. The van der Waals surface area contributed by atoms with Crippen LogP contribution in [0, 0.1) is 0 Å². The fourth-order valence-electron chi connectivity index (χ4n) is 0.882. The molecule has 0 saturated carbocycles. The molecule has 0 aromatic rings. The van der Waals surface area contributed by atoms with Crippen LogP contribution in [0.25, 0.3) is 0 Å². The molecule has 9 heavy (non-hydrogen) atoms. The van der Waals surface area contributed by atoms with Crippen molar-refractivity contribution in [2.75, 3.05) is 13.2 Å². The van der Waals surface area contributed by atoms with Gasteiger partial charge in [-0.25, -0.2) is 4.79 Å². The number of carboxylic acid groups (broad SMARTS) is 1. The second-order valence-corrected chi connectivity index (χ2v) is 2.10. The number of aliphatic hydroxyl groups is 1. The van der Waals surface area contributed by atoms with Gasteiger partial charge in [-0.3, -0.25) is 0 Å². The van der Waals surface area contributed by atoms with E-state index < -0.39 is 6.09 Å². The highest BCUT2D eigenvalue weighted by atomic mass is 16.4. The van der Waals surface area contributed by atoms with Gasteiger partial charge in [0, 0.05) is 6.54 Å². The summed E-state index contributed by atoms with van der Waals surface area (Å²) in [6.45, 7) is 0.521. The van der Waals surface area contributed by atoms with Gasteiger partial charge in [0.05, 0.1) is 12.6 Å². The maximum absolute atomic E-state index is 10.2. The highest BCUT2D eigenvalue weighted by molar-refractivity contribution is 5.66. The predicted octanol–water partition coefficient (Wildman–Crippen LogP) is -0.269. The standard InChI is InChI=1S/C5H9NO3/c7-3-4-1-2-6(4)5(8)9/h4,7H,1-3H2,(H,8,9)/t4-/m0/s1. The Balaban J connectivity index is 2.35. The lowest BCUT2D eigenvalue weighted by Crippen LogP contribution is -2.52. The molecule has 2 N–H and O–H groups in total. The van der Waals surface area contributed by atoms with Gasteiger partial charge in [0.2, 0.25) is 0 Å². The van der Waals surface area contributed by atoms with Crippen LogP contribution in [-0.2, 0) is 0 Å². The molecular formula is C5H9NO3. The molecule has 0 unspecified atom stereocenters. The third kappa shape index (κ3) is 0.977. The lowest BCUT2D eigenvalue weighted by Gasteiger charge is -2.37. The Morgan fingerprint density at radius 2 is 2.44 bits per heavy atom. The first kappa shape index (κ1) is 6.35. The third-order valence-electron chi connectivity index (χ3n) is 1.60. The molecule has 1 aliphatic rings. The average Bonchev–Trinajstić information content (AvgIpc) is 1.61. The molecule has 0 radical (unpaired) electrons. The molecule has 1 atom stereocenters. The minimum atomic E-state index is -0.930. The molecule has 4 heteroatoms. The van der Waals surface area contributed by atoms with Gasteiger partial charge in [-0.2, -0.15) is 0 Å². The Labute approximate surface area is 52.7 Å². The minimum Gasteiger partial charge on any atom is -0.465 e. The third-order valence-corrected chi connectivity index (χ3v) is 1.60. The number of nitrogens with zero attached hydrogens (tertiary/aromatic N) is 1. The van der Waals surface area contributed by atoms with Crippen molar-refractivity contribution < 1.29 is 15.0 Å². The van der Waals surface area contributed by atoms with Gasteiger partial charge in [0.15, 0.2) is 0 Å². The summed E-state index contributed by atoms with van der Waals surface area (Å²) in [5, 5.41) is 16.8. The number of rotatable bonds is 1. The fourth-order valence-corrected chi connectivity index (χ4v) is 0.882. The maximum Gasteiger partial charge on any atom is 0.407 e. The number of carbonyl (C=O) groups is 1. The van der Waals surface area contributed by atoms with Crippen LogP contribution >= 0.6 is 0 Å². The van der Waals surface area contributed by atoms with Crippen molar-refractivity contribution in [3.63, 3.8) is 0 Å². The zero-order chi connectivity index (χ0) is 6.85. The molecule has 0 aromatic heterocycles. The summed E-state index contributed by atoms with van der Waals surface area (Å²) in [5.74, 6) is 0. The molecule has 1 aliphatic heterocycles. The van der Waals surface area contributed by atoms with Crippen LogP contribution in [0.15, 0.2) is 0 Å². The van der Waals surface area contributed by atoms with Gasteiger partial charge in [-0.1, -0.05) is 0 Å². The smallest absolute Gasteiger partial charge is 0.407 e. The molecule has 1 fully saturated rings. The van der Waals surface area contributed by atoms with E-state index >= 15 is 0 Å².